The van der Waals surface area contributed by atoms with E-state index >= 15 is 0 Å². The molecule has 0 saturated heterocycles. The van der Waals surface area contributed by atoms with E-state index in [9.17, 15) is 5.11 Å². The van der Waals surface area contributed by atoms with Gasteiger partial charge in [-0.25, -0.2) is 0 Å². The molecule has 3 rings (SSSR count). The van der Waals surface area contributed by atoms with Crippen molar-refractivity contribution in [3.8, 4) is 11.5 Å². The summed E-state index contributed by atoms with van der Waals surface area (Å²) < 4.78 is 0. The molecule has 1 atom stereocenters. The summed E-state index contributed by atoms with van der Waals surface area (Å²) in [6.07, 6.45) is 5.88. The molecule has 118 valence electrons. The second kappa shape index (κ2) is 6.65. The summed E-state index contributed by atoms with van der Waals surface area (Å²) >= 11 is 0. The summed E-state index contributed by atoms with van der Waals surface area (Å²) in [5, 5.41) is 10.7. The van der Waals surface area contributed by atoms with Crippen molar-refractivity contribution in [2.45, 2.75) is 25.7 Å². The average molecular weight is 328 g/mol. The maximum absolute atomic E-state index is 10.7. The molecule has 0 amide bonds. The number of fused-ring (bicyclic) bond motifs is 1. The summed E-state index contributed by atoms with van der Waals surface area (Å²) in [7, 11) is -1.48. The topological polar surface area (TPSA) is 20.2 Å². The van der Waals surface area contributed by atoms with E-state index in [1.807, 2.05) is 54.6 Å². The Morgan fingerprint density at radius 2 is 1.58 bits per heavy atom. The minimum Gasteiger partial charge on any atom is -0.384 e. The zero-order valence-corrected chi connectivity index (χ0v) is 15.2. The highest BCUT2D eigenvalue weighted by atomic mass is 28.3. The van der Waals surface area contributed by atoms with E-state index in [1.54, 1.807) is 0 Å². The van der Waals surface area contributed by atoms with Crippen molar-refractivity contribution in [1.29, 1.82) is 0 Å². The summed E-state index contributed by atoms with van der Waals surface area (Å²) in [4.78, 5) is 0. The van der Waals surface area contributed by atoms with Crippen molar-refractivity contribution in [2.75, 3.05) is 0 Å². The molecule has 2 aromatic carbocycles. The van der Waals surface area contributed by atoms with Crippen LogP contribution in [0.5, 0.6) is 0 Å². The first-order valence-corrected chi connectivity index (χ1v) is 11.6. The Hall–Kier alpha value is -2.34. The van der Waals surface area contributed by atoms with Crippen LogP contribution in [0.25, 0.3) is 5.57 Å². The monoisotopic (exact) mass is 328 g/mol. The van der Waals surface area contributed by atoms with E-state index in [-0.39, 0.29) is 0 Å². The molecule has 0 aliphatic heterocycles. The number of allylic oxidation sites excluding steroid dienone is 1. The van der Waals surface area contributed by atoms with E-state index in [1.165, 1.54) is 0 Å². The van der Waals surface area contributed by atoms with Gasteiger partial charge in [0.2, 0.25) is 0 Å². The van der Waals surface area contributed by atoms with Crippen molar-refractivity contribution in [3.63, 3.8) is 0 Å². The largest absolute Gasteiger partial charge is 0.384 e. The summed E-state index contributed by atoms with van der Waals surface area (Å²) in [5.41, 5.74) is 7.77. The van der Waals surface area contributed by atoms with E-state index in [0.717, 1.165) is 22.3 Å². The van der Waals surface area contributed by atoms with Gasteiger partial charge in [-0.3, -0.25) is 0 Å². The van der Waals surface area contributed by atoms with E-state index in [2.05, 4.69) is 43.3 Å². The third kappa shape index (κ3) is 3.59. The van der Waals surface area contributed by atoms with Crippen molar-refractivity contribution >= 4 is 13.6 Å². The van der Waals surface area contributed by atoms with Gasteiger partial charge < -0.3 is 5.11 Å². The van der Waals surface area contributed by atoms with Gasteiger partial charge in [0.1, 0.15) is 14.2 Å². The van der Waals surface area contributed by atoms with Crippen LogP contribution in [0, 0.1) is 23.6 Å². The second-order valence-corrected chi connectivity index (χ2v) is 11.6. The van der Waals surface area contributed by atoms with Crippen LogP contribution in [0.4, 0.5) is 0 Å². The number of rotatable bonds is 1. The highest BCUT2D eigenvalue weighted by Crippen LogP contribution is 2.43. The predicted octanol–water partition coefficient (Wildman–Crippen LogP) is 4.58. The van der Waals surface area contributed by atoms with Crippen LogP contribution in [0.1, 0.15) is 22.8 Å². The maximum Gasteiger partial charge on any atom is 0.129 e. The minimum absolute atomic E-state index is 0.691. The first-order valence-electron chi connectivity index (χ1n) is 8.07. The lowest BCUT2D eigenvalue weighted by molar-refractivity contribution is 0.225. The lowest BCUT2D eigenvalue weighted by Gasteiger charge is -2.05. The normalized spacial score (nSPS) is 19.9. The van der Waals surface area contributed by atoms with Gasteiger partial charge in [-0.2, -0.15) is 0 Å². The smallest absolute Gasteiger partial charge is 0.129 e. The lowest BCUT2D eigenvalue weighted by Crippen LogP contribution is -2.16. The molecule has 0 saturated carbocycles. The Balaban J connectivity index is 2.11. The zero-order valence-electron chi connectivity index (χ0n) is 14.2. The number of hydrogen-bond donors (Lipinski definition) is 1. The zero-order chi connectivity index (χ0) is 17.2. The van der Waals surface area contributed by atoms with Gasteiger partial charge in [0.25, 0.3) is 0 Å². The highest BCUT2D eigenvalue weighted by Gasteiger charge is 2.29. The fourth-order valence-electron chi connectivity index (χ4n) is 2.62. The third-order valence-electron chi connectivity index (χ3n) is 3.75. The molecule has 1 nitrogen and oxygen atoms in total. The summed E-state index contributed by atoms with van der Waals surface area (Å²) in [6, 6.07) is 17.9. The Morgan fingerprint density at radius 3 is 2.29 bits per heavy atom. The van der Waals surface area contributed by atoms with E-state index < -0.39 is 14.2 Å². The maximum atomic E-state index is 10.7. The predicted molar refractivity (Wildman–Crippen MR) is 101 cm³/mol. The number of benzene rings is 2. The Kier molecular flexibility index (Phi) is 4.57. The van der Waals surface area contributed by atoms with Crippen LogP contribution in [-0.2, 0) is 0 Å². The molecule has 0 aromatic heterocycles. The van der Waals surface area contributed by atoms with Gasteiger partial charge in [-0.05, 0) is 28.3 Å². The van der Waals surface area contributed by atoms with Crippen LogP contribution >= 0.6 is 0 Å². The fourth-order valence-corrected chi connectivity index (χ4v) is 3.06. The van der Waals surface area contributed by atoms with Crippen LogP contribution in [0.2, 0.25) is 19.6 Å². The first-order chi connectivity index (χ1) is 11.5. The third-order valence-corrected chi connectivity index (χ3v) is 4.62. The molecule has 2 radical (unpaired) electrons. The molecule has 1 aliphatic carbocycles. The Labute approximate surface area is 145 Å². The van der Waals surface area contributed by atoms with Crippen molar-refractivity contribution in [2.24, 2.45) is 0 Å². The van der Waals surface area contributed by atoms with Gasteiger partial charge in [-0.1, -0.05) is 80.2 Å². The van der Waals surface area contributed by atoms with Gasteiger partial charge in [0.15, 0.2) is 0 Å². The molecular formula is C22H20OSi. The van der Waals surface area contributed by atoms with Gasteiger partial charge in [-0.15, -0.1) is 5.54 Å². The van der Waals surface area contributed by atoms with Crippen LogP contribution < -0.4 is 0 Å². The van der Waals surface area contributed by atoms with Crippen LogP contribution in [0.3, 0.4) is 0 Å². The van der Waals surface area contributed by atoms with Crippen molar-refractivity contribution < 1.29 is 5.11 Å². The average Bonchev–Trinajstić information content (AvgIpc) is 2.81. The molecule has 0 spiro atoms. The standard InChI is InChI=1S/C22H20OSi/c1-24(2,3)15-9-14-20-21(16-17-10-5-4-6-11-17)18-12-7-8-13-19(18)22(20)23/h4-8,10-13,22-23H,1-3H3. The number of aliphatic hydroxyl groups excluding tert-OH is 1. The SMILES string of the molecule is C[Si](C)(C)C#C[C]=C1C(=[C]c2ccccc2)c2ccccc2C1O. The first kappa shape index (κ1) is 16.5. The highest BCUT2D eigenvalue weighted by molar-refractivity contribution is 6.83. The molecule has 1 unspecified atom stereocenters. The second-order valence-electron chi connectivity index (χ2n) is 6.89. The van der Waals surface area contributed by atoms with Gasteiger partial charge >= 0.3 is 0 Å². The van der Waals surface area contributed by atoms with Gasteiger partial charge in [0, 0.05) is 11.6 Å². The molecule has 0 fully saturated rings. The van der Waals surface area contributed by atoms with Crippen LogP contribution in [0.15, 0.2) is 60.2 Å². The molecule has 1 aliphatic rings. The Bertz CT molecular complexity index is 858. The van der Waals surface area contributed by atoms with Crippen molar-refractivity contribution in [3.05, 3.63) is 89.0 Å². The number of hydrogen-bond acceptors (Lipinski definition) is 1. The summed E-state index contributed by atoms with van der Waals surface area (Å²) in [5.74, 6) is 3.05. The Morgan fingerprint density at radius 1 is 0.917 bits per heavy atom. The molecule has 0 heterocycles. The van der Waals surface area contributed by atoms with E-state index in [0.29, 0.717) is 5.57 Å². The fraction of sp³-hybridized carbons (Fsp3) is 0.182. The van der Waals surface area contributed by atoms with E-state index in [4.69, 9.17) is 0 Å². The van der Waals surface area contributed by atoms with Gasteiger partial charge in [0.05, 0.1) is 0 Å². The quantitative estimate of drug-likeness (QED) is 0.600. The summed E-state index contributed by atoms with van der Waals surface area (Å²) in [6.45, 7) is 6.58. The molecular weight excluding hydrogens is 308 g/mol. The molecule has 2 heteroatoms. The minimum atomic E-state index is -1.48. The molecule has 2 aromatic rings. The molecule has 0 bridgehead atoms. The molecule has 24 heavy (non-hydrogen) atoms. The molecule has 1 N–H and O–H groups in total. The van der Waals surface area contributed by atoms with Crippen LogP contribution in [-0.4, -0.2) is 13.2 Å². The van der Waals surface area contributed by atoms with Crippen molar-refractivity contribution in [1.82, 2.24) is 0 Å². The lowest BCUT2D eigenvalue weighted by atomic mass is 10.0. The number of aliphatic hydroxyl groups is 1.